The summed E-state index contributed by atoms with van der Waals surface area (Å²) in [5.74, 6) is 0. The molecule has 0 saturated carbocycles. The van der Waals surface area contributed by atoms with E-state index >= 15 is 0 Å². The van der Waals surface area contributed by atoms with Gasteiger partial charge in [0.25, 0.3) is 20.2 Å². The van der Waals surface area contributed by atoms with Crippen LogP contribution in [0, 0.1) is 0 Å². The van der Waals surface area contributed by atoms with Crippen LogP contribution in [0.2, 0.25) is 0 Å². The van der Waals surface area contributed by atoms with Crippen LogP contribution in [0.5, 0.6) is 0 Å². The van der Waals surface area contributed by atoms with Crippen LogP contribution in [0.25, 0.3) is 0 Å². The minimum atomic E-state index is -3.67. The van der Waals surface area contributed by atoms with E-state index in [1.165, 1.54) is 0 Å². The summed E-state index contributed by atoms with van der Waals surface area (Å²) in [5.41, 5.74) is 5.50. The van der Waals surface area contributed by atoms with Crippen molar-refractivity contribution in [3.05, 3.63) is 0 Å². The fourth-order valence-electron chi connectivity index (χ4n) is 0.868. The third-order valence-electron chi connectivity index (χ3n) is 1.43. The van der Waals surface area contributed by atoms with Gasteiger partial charge in [-0.3, -0.25) is 9.11 Å². The Morgan fingerprint density at radius 2 is 1.35 bits per heavy atom. The van der Waals surface area contributed by atoms with E-state index in [1.807, 2.05) is 0 Å². The molecule has 1 rings (SSSR count). The van der Waals surface area contributed by atoms with Crippen LogP contribution in [0.4, 0.5) is 0 Å². The lowest BCUT2D eigenvalue weighted by Gasteiger charge is -2.35. The standard InChI is InChI=1S/C5H12N2.2CH4O3S/c1-2-7-3-5(6)4-7;2*1-5(2,3)4/h5H,2-4,6H2,1H3;2*1H3,(H,2,3,4). The Kier molecular flexibility index (Phi) is 8.93. The van der Waals surface area contributed by atoms with Crippen molar-refractivity contribution in [2.24, 2.45) is 5.73 Å². The van der Waals surface area contributed by atoms with E-state index < -0.39 is 20.2 Å². The summed E-state index contributed by atoms with van der Waals surface area (Å²) in [6.45, 7) is 5.53. The van der Waals surface area contributed by atoms with E-state index in [4.69, 9.17) is 14.8 Å². The molecule has 0 aliphatic carbocycles. The van der Waals surface area contributed by atoms with Gasteiger partial charge < -0.3 is 10.6 Å². The molecule has 0 spiro atoms. The van der Waals surface area contributed by atoms with Gasteiger partial charge in [-0.2, -0.15) is 16.8 Å². The molecule has 4 N–H and O–H groups in total. The van der Waals surface area contributed by atoms with Crippen LogP contribution in [-0.4, -0.2) is 69.0 Å². The number of hydrogen-bond acceptors (Lipinski definition) is 6. The highest BCUT2D eigenvalue weighted by molar-refractivity contribution is 7.85. The Labute approximate surface area is 102 Å². The highest BCUT2D eigenvalue weighted by Gasteiger charge is 2.19. The lowest BCUT2D eigenvalue weighted by atomic mass is 10.1. The number of likely N-dealkylation sites (N-methyl/N-ethyl adjacent to an activating group) is 1. The molecule has 106 valence electrons. The molecule has 1 aliphatic heterocycles. The molecule has 1 saturated heterocycles. The van der Waals surface area contributed by atoms with Gasteiger partial charge >= 0.3 is 0 Å². The molecular formula is C7H20N2O6S2. The van der Waals surface area contributed by atoms with Crippen LogP contribution < -0.4 is 5.73 Å². The molecule has 0 aromatic heterocycles. The highest BCUT2D eigenvalue weighted by Crippen LogP contribution is 2.01. The topological polar surface area (TPSA) is 138 Å². The van der Waals surface area contributed by atoms with Gasteiger partial charge in [-0.05, 0) is 6.54 Å². The van der Waals surface area contributed by atoms with Crippen molar-refractivity contribution in [2.45, 2.75) is 13.0 Å². The Hall–Kier alpha value is -0.260. The van der Waals surface area contributed by atoms with Gasteiger partial charge in [0.05, 0.1) is 12.5 Å². The maximum absolute atomic E-state index is 9.19. The highest BCUT2D eigenvalue weighted by atomic mass is 32.2. The molecule has 17 heavy (non-hydrogen) atoms. The quantitative estimate of drug-likeness (QED) is 0.505. The third-order valence-corrected chi connectivity index (χ3v) is 1.43. The second kappa shape index (κ2) is 7.95. The molecule has 1 heterocycles. The normalized spacial score (nSPS) is 17.1. The van der Waals surface area contributed by atoms with Crippen LogP contribution in [0.1, 0.15) is 6.92 Å². The Balaban J connectivity index is 0. The van der Waals surface area contributed by atoms with Crippen molar-refractivity contribution in [1.82, 2.24) is 4.90 Å². The SMILES string of the molecule is CCN1CC(N)C1.CS(=O)(=O)O.CS(=O)(=O)O. The largest absolute Gasteiger partial charge is 0.325 e. The molecule has 0 radical (unpaired) electrons. The first-order valence-corrected chi connectivity index (χ1v) is 8.35. The lowest BCUT2D eigenvalue weighted by molar-refractivity contribution is 0.160. The van der Waals surface area contributed by atoms with Gasteiger partial charge in [-0.25, -0.2) is 0 Å². The fraction of sp³-hybridized carbons (Fsp3) is 1.00. The second-order valence-corrected chi connectivity index (χ2v) is 6.51. The lowest BCUT2D eigenvalue weighted by Crippen LogP contribution is -2.55. The molecule has 0 aromatic carbocycles. The van der Waals surface area contributed by atoms with Crippen molar-refractivity contribution < 1.29 is 25.9 Å². The van der Waals surface area contributed by atoms with Crippen molar-refractivity contribution in [3.63, 3.8) is 0 Å². The fourth-order valence-corrected chi connectivity index (χ4v) is 0.868. The first-order chi connectivity index (χ1) is 7.33. The molecule has 0 amide bonds. The molecular weight excluding hydrogens is 272 g/mol. The summed E-state index contributed by atoms with van der Waals surface area (Å²) >= 11 is 0. The molecule has 0 bridgehead atoms. The second-order valence-electron chi connectivity index (χ2n) is 3.58. The Morgan fingerprint density at radius 3 is 1.41 bits per heavy atom. The van der Waals surface area contributed by atoms with E-state index in [1.54, 1.807) is 0 Å². The zero-order valence-electron chi connectivity index (χ0n) is 10.1. The summed E-state index contributed by atoms with van der Waals surface area (Å²) in [6, 6.07) is 0.472. The summed E-state index contributed by atoms with van der Waals surface area (Å²) in [4.78, 5) is 2.32. The smallest absolute Gasteiger partial charge is 0.261 e. The molecule has 1 fully saturated rings. The maximum atomic E-state index is 9.19. The summed E-state index contributed by atoms with van der Waals surface area (Å²) in [7, 11) is -7.33. The molecule has 0 atom stereocenters. The first kappa shape index (κ1) is 19.1. The Morgan fingerprint density at radius 1 is 1.12 bits per heavy atom. The zero-order chi connectivity index (χ0) is 14.3. The molecule has 0 unspecified atom stereocenters. The summed E-state index contributed by atoms with van der Waals surface area (Å²) in [6.07, 6.45) is 1.43. The minimum Gasteiger partial charge on any atom is -0.325 e. The van der Waals surface area contributed by atoms with Crippen LogP contribution in [0.15, 0.2) is 0 Å². The average Bonchev–Trinajstić information content (AvgIpc) is 1.91. The van der Waals surface area contributed by atoms with Crippen LogP contribution in [-0.2, 0) is 20.2 Å². The van der Waals surface area contributed by atoms with Gasteiger partial charge in [0, 0.05) is 19.1 Å². The average molecular weight is 292 g/mol. The van der Waals surface area contributed by atoms with Gasteiger partial charge in [0.15, 0.2) is 0 Å². The van der Waals surface area contributed by atoms with Crippen molar-refractivity contribution in [1.29, 1.82) is 0 Å². The predicted molar refractivity (Wildman–Crippen MR) is 65.0 cm³/mol. The third kappa shape index (κ3) is 31.3. The number of nitrogens with zero attached hydrogens (tertiary/aromatic N) is 1. The van der Waals surface area contributed by atoms with E-state index in [9.17, 15) is 16.8 Å². The number of hydrogen-bond donors (Lipinski definition) is 3. The number of rotatable bonds is 1. The predicted octanol–water partition coefficient (Wildman–Crippen LogP) is -1.34. The van der Waals surface area contributed by atoms with Gasteiger partial charge in [-0.15, -0.1) is 0 Å². The van der Waals surface area contributed by atoms with Gasteiger partial charge in [-0.1, -0.05) is 6.92 Å². The van der Waals surface area contributed by atoms with E-state index in [0.717, 1.165) is 19.6 Å². The van der Waals surface area contributed by atoms with Crippen molar-refractivity contribution in [3.8, 4) is 0 Å². The van der Waals surface area contributed by atoms with Gasteiger partial charge in [0.2, 0.25) is 0 Å². The zero-order valence-corrected chi connectivity index (χ0v) is 11.7. The van der Waals surface area contributed by atoms with Crippen molar-refractivity contribution in [2.75, 3.05) is 32.1 Å². The van der Waals surface area contributed by atoms with Gasteiger partial charge in [0.1, 0.15) is 0 Å². The molecule has 0 aromatic rings. The van der Waals surface area contributed by atoms with E-state index in [0.29, 0.717) is 18.6 Å². The summed E-state index contributed by atoms with van der Waals surface area (Å²) < 4.78 is 51.7. The first-order valence-electron chi connectivity index (χ1n) is 4.65. The van der Waals surface area contributed by atoms with E-state index in [2.05, 4.69) is 11.8 Å². The van der Waals surface area contributed by atoms with Crippen molar-refractivity contribution >= 4 is 20.2 Å². The van der Waals surface area contributed by atoms with Crippen LogP contribution in [0.3, 0.4) is 0 Å². The van der Waals surface area contributed by atoms with E-state index in [-0.39, 0.29) is 0 Å². The maximum Gasteiger partial charge on any atom is 0.261 e. The summed E-state index contributed by atoms with van der Waals surface area (Å²) in [5, 5.41) is 0. The molecule has 8 nitrogen and oxygen atoms in total. The number of nitrogens with two attached hydrogens (primary N) is 1. The monoisotopic (exact) mass is 292 g/mol. The number of likely N-dealkylation sites (tertiary alicyclic amines) is 1. The Bertz CT molecular complexity index is 339. The minimum absolute atomic E-state index is 0.472. The van der Waals surface area contributed by atoms with Crippen LogP contribution >= 0.6 is 0 Å². The molecule has 10 heteroatoms. The molecule has 1 aliphatic rings.